The minimum atomic E-state index is -0.314. The number of piperidine rings is 1. The summed E-state index contributed by atoms with van der Waals surface area (Å²) in [7, 11) is 3.40. The number of ether oxygens (including phenoxy) is 1. The second-order valence-electron chi connectivity index (χ2n) is 5.31. The number of nitrogens with zero attached hydrogens (tertiary/aromatic N) is 2. The molecule has 0 bridgehead atoms. The van der Waals surface area contributed by atoms with E-state index in [-0.39, 0.29) is 36.8 Å². The van der Waals surface area contributed by atoms with Crippen LogP contribution in [-0.2, 0) is 14.3 Å². The summed E-state index contributed by atoms with van der Waals surface area (Å²) < 4.78 is 4.80. The van der Waals surface area contributed by atoms with Gasteiger partial charge in [-0.1, -0.05) is 0 Å². The fraction of sp³-hybridized carbons (Fsp3) is 0.786. The van der Waals surface area contributed by atoms with E-state index >= 15 is 0 Å². The second-order valence-corrected chi connectivity index (χ2v) is 5.31. The van der Waals surface area contributed by atoms with Crippen LogP contribution in [0.5, 0.6) is 0 Å². The Morgan fingerprint density at radius 3 is 2.67 bits per heavy atom. The molecule has 1 atom stereocenters. The highest BCUT2D eigenvalue weighted by Gasteiger charge is 2.28. The van der Waals surface area contributed by atoms with Crippen LogP contribution >= 0.6 is 0 Å². The van der Waals surface area contributed by atoms with Gasteiger partial charge in [-0.3, -0.25) is 9.59 Å². The number of esters is 1. The fourth-order valence-corrected chi connectivity index (χ4v) is 2.31. The van der Waals surface area contributed by atoms with Gasteiger partial charge in [0.1, 0.15) is 0 Å². The van der Waals surface area contributed by atoms with Gasteiger partial charge in [0, 0.05) is 33.7 Å². The van der Waals surface area contributed by atoms with E-state index < -0.39 is 0 Å². The highest BCUT2D eigenvalue weighted by atomic mass is 16.5. The average molecular weight is 299 g/mol. The molecule has 1 unspecified atom stereocenters. The van der Waals surface area contributed by atoms with Crippen LogP contribution in [0.4, 0.5) is 4.79 Å². The molecular weight excluding hydrogens is 274 g/mol. The summed E-state index contributed by atoms with van der Waals surface area (Å²) in [6.45, 7) is 3.48. The van der Waals surface area contributed by atoms with E-state index in [1.165, 1.54) is 4.90 Å². The van der Waals surface area contributed by atoms with Crippen molar-refractivity contribution in [2.45, 2.75) is 26.2 Å². The Balaban J connectivity index is 2.37. The molecule has 1 rings (SSSR count). The maximum atomic E-state index is 12.1. The molecule has 1 aliphatic rings. The monoisotopic (exact) mass is 299 g/mol. The van der Waals surface area contributed by atoms with Gasteiger partial charge >= 0.3 is 12.0 Å². The van der Waals surface area contributed by atoms with Crippen LogP contribution in [0, 0.1) is 5.92 Å². The van der Waals surface area contributed by atoms with Gasteiger partial charge in [0.2, 0.25) is 5.91 Å². The largest absolute Gasteiger partial charge is 0.466 e. The first-order chi connectivity index (χ1) is 9.95. The fourth-order valence-electron chi connectivity index (χ4n) is 2.31. The number of hydrogen-bond acceptors (Lipinski definition) is 4. The molecule has 7 nitrogen and oxygen atoms in total. The van der Waals surface area contributed by atoms with Crippen molar-refractivity contribution in [3.05, 3.63) is 0 Å². The molecule has 7 heteroatoms. The smallest absolute Gasteiger partial charge is 0.319 e. The van der Waals surface area contributed by atoms with Crippen molar-refractivity contribution in [1.29, 1.82) is 0 Å². The molecule has 0 radical (unpaired) electrons. The summed E-state index contributed by atoms with van der Waals surface area (Å²) in [5, 5.41) is 2.74. The van der Waals surface area contributed by atoms with Gasteiger partial charge in [-0.05, 0) is 19.8 Å². The van der Waals surface area contributed by atoms with E-state index in [0.717, 1.165) is 12.8 Å². The number of amides is 3. The SMILES string of the molecule is CCOC(=O)CCNC(=O)C1CCCN(C(=O)N(C)C)C1. The third kappa shape index (κ3) is 5.61. The Bertz CT molecular complexity index is 384. The highest BCUT2D eigenvalue weighted by Crippen LogP contribution is 2.17. The van der Waals surface area contributed by atoms with Crippen molar-refractivity contribution >= 4 is 17.9 Å². The number of carbonyl (C=O) groups is 3. The van der Waals surface area contributed by atoms with Crippen molar-refractivity contribution in [3.63, 3.8) is 0 Å². The van der Waals surface area contributed by atoms with Crippen LogP contribution in [0.3, 0.4) is 0 Å². The molecule has 3 amide bonds. The molecule has 0 aromatic rings. The van der Waals surface area contributed by atoms with E-state index in [1.54, 1.807) is 25.9 Å². The minimum absolute atomic E-state index is 0.0703. The Kier molecular flexibility index (Phi) is 6.98. The lowest BCUT2D eigenvalue weighted by Gasteiger charge is -2.33. The molecule has 0 aromatic carbocycles. The first-order valence-corrected chi connectivity index (χ1v) is 7.35. The lowest BCUT2D eigenvalue weighted by molar-refractivity contribution is -0.143. The minimum Gasteiger partial charge on any atom is -0.466 e. The molecule has 0 aromatic heterocycles. The van der Waals surface area contributed by atoms with Gasteiger partial charge in [-0.15, -0.1) is 0 Å². The number of urea groups is 1. The molecule has 0 saturated carbocycles. The summed E-state index contributed by atoms with van der Waals surface area (Å²) in [5.74, 6) is -0.619. The normalized spacial score (nSPS) is 18.0. The van der Waals surface area contributed by atoms with Gasteiger partial charge in [-0.25, -0.2) is 4.79 Å². The summed E-state index contributed by atoms with van der Waals surface area (Å²) >= 11 is 0. The quantitative estimate of drug-likeness (QED) is 0.748. The molecule has 21 heavy (non-hydrogen) atoms. The highest BCUT2D eigenvalue weighted by molar-refractivity contribution is 5.81. The van der Waals surface area contributed by atoms with E-state index in [4.69, 9.17) is 4.74 Å². The summed E-state index contributed by atoms with van der Waals surface area (Å²) in [6, 6.07) is -0.0703. The first-order valence-electron chi connectivity index (χ1n) is 7.35. The predicted octanol–water partition coefficient (Wildman–Crippen LogP) is 0.449. The van der Waals surface area contributed by atoms with Gasteiger partial charge in [0.05, 0.1) is 18.9 Å². The molecular formula is C14H25N3O4. The van der Waals surface area contributed by atoms with Gasteiger partial charge in [0.25, 0.3) is 0 Å². The lowest BCUT2D eigenvalue weighted by atomic mass is 9.97. The van der Waals surface area contributed by atoms with E-state index in [2.05, 4.69) is 5.32 Å². The average Bonchev–Trinajstić information content (AvgIpc) is 2.46. The zero-order valence-corrected chi connectivity index (χ0v) is 13.1. The van der Waals surface area contributed by atoms with Crippen LogP contribution < -0.4 is 5.32 Å². The molecule has 1 N–H and O–H groups in total. The number of carbonyl (C=O) groups excluding carboxylic acids is 3. The molecule has 120 valence electrons. The number of nitrogens with one attached hydrogen (secondary N) is 1. The molecule has 0 aliphatic carbocycles. The van der Waals surface area contributed by atoms with Crippen LogP contribution in [0.2, 0.25) is 0 Å². The third-order valence-electron chi connectivity index (χ3n) is 3.38. The van der Waals surface area contributed by atoms with Crippen molar-refractivity contribution in [2.24, 2.45) is 5.92 Å². The molecule has 1 fully saturated rings. The maximum Gasteiger partial charge on any atom is 0.319 e. The maximum absolute atomic E-state index is 12.1. The third-order valence-corrected chi connectivity index (χ3v) is 3.38. The molecule has 1 saturated heterocycles. The molecule has 1 aliphatic heterocycles. The second kappa shape index (κ2) is 8.49. The zero-order chi connectivity index (χ0) is 15.8. The topological polar surface area (TPSA) is 79.0 Å². The van der Waals surface area contributed by atoms with Gasteiger partial charge in [-0.2, -0.15) is 0 Å². The van der Waals surface area contributed by atoms with Gasteiger partial charge < -0.3 is 19.9 Å². The number of likely N-dealkylation sites (tertiary alicyclic amines) is 1. The summed E-state index contributed by atoms with van der Waals surface area (Å²) in [5.41, 5.74) is 0. The Labute approximate surface area is 125 Å². The van der Waals surface area contributed by atoms with Crippen LogP contribution in [-0.4, -0.2) is 68.0 Å². The van der Waals surface area contributed by atoms with Crippen LogP contribution in [0.1, 0.15) is 26.2 Å². The molecule has 0 spiro atoms. The lowest BCUT2D eigenvalue weighted by Crippen LogP contribution is -2.48. The standard InChI is InChI=1S/C14H25N3O4/c1-4-21-12(18)7-8-15-13(19)11-6-5-9-17(10-11)14(20)16(2)3/h11H,4-10H2,1-3H3,(H,15,19). The number of rotatable bonds is 5. The van der Waals surface area contributed by atoms with Gasteiger partial charge in [0.15, 0.2) is 0 Å². The Hall–Kier alpha value is -1.79. The zero-order valence-electron chi connectivity index (χ0n) is 13.1. The van der Waals surface area contributed by atoms with Crippen molar-refractivity contribution in [2.75, 3.05) is 40.3 Å². The van der Waals surface area contributed by atoms with E-state index in [1.807, 2.05) is 0 Å². The summed E-state index contributed by atoms with van der Waals surface area (Å²) in [4.78, 5) is 38.4. The van der Waals surface area contributed by atoms with Crippen molar-refractivity contribution in [1.82, 2.24) is 15.1 Å². The van der Waals surface area contributed by atoms with Crippen molar-refractivity contribution in [3.8, 4) is 0 Å². The summed E-state index contributed by atoms with van der Waals surface area (Å²) in [6.07, 6.45) is 1.75. The Morgan fingerprint density at radius 1 is 1.33 bits per heavy atom. The van der Waals surface area contributed by atoms with E-state index in [9.17, 15) is 14.4 Å². The Morgan fingerprint density at radius 2 is 2.05 bits per heavy atom. The van der Waals surface area contributed by atoms with Crippen molar-refractivity contribution < 1.29 is 19.1 Å². The van der Waals surface area contributed by atoms with E-state index in [0.29, 0.717) is 19.7 Å². The molecule has 1 heterocycles. The number of hydrogen-bond donors (Lipinski definition) is 1. The predicted molar refractivity (Wildman–Crippen MR) is 77.6 cm³/mol. The first kappa shape index (κ1) is 17.3. The van der Waals surface area contributed by atoms with Crippen LogP contribution in [0.15, 0.2) is 0 Å². The van der Waals surface area contributed by atoms with Crippen LogP contribution in [0.25, 0.3) is 0 Å².